The zero-order chi connectivity index (χ0) is 20.3. The van der Waals surface area contributed by atoms with Crippen molar-refractivity contribution in [3.8, 4) is 0 Å². The Bertz CT molecular complexity index is 934. The van der Waals surface area contributed by atoms with Crippen LogP contribution >= 0.6 is 0 Å². The molecule has 6 nitrogen and oxygen atoms in total. The zero-order valence-corrected chi connectivity index (χ0v) is 15.1. The van der Waals surface area contributed by atoms with Crippen molar-refractivity contribution in [3.05, 3.63) is 81.7 Å². The van der Waals surface area contributed by atoms with E-state index in [0.717, 1.165) is 0 Å². The number of nitro benzene ring substituents is 1. The number of hydrogen-bond acceptors (Lipinski definition) is 5. The summed E-state index contributed by atoms with van der Waals surface area (Å²) >= 11 is 0. The molecule has 28 heavy (non-hydrogen) atoms. The molecule has 0 radical (unpaired) electrons. The molecule has 0 aromatic heterocycles. The van der Waals surface area contributed by atoms with Crippen molar-refractivity contribution in [2.24, 2.45) is 5.92 Å². The third kappa shape index (κ3) is 3.98. The van der Waals surface area contributed by atoms with Crippen LogP contribution in [0.25, 0.3) is 5.57 Å². The number of esters is 1. The van der Waals surface area contributed by atoms with Gasteiger partial charge in [0.1, 0.15) is 11.7 Å². The van der Waals surface area contributed by atoms with Gasteiger partial charge in [0, 0.05) is 18.1 Å². The van der Waals surface area contributed by atoms with Gasteiger partial charge >= 0.3 is 5.97 Å². The minimum Gasteiger partial charge on any atom is -0.465 e. The summed E-state index contributed by atoms with van der Waals surface area (Å²) in [5.41, 5.74) is 1.91. The van der Waals surface area contributed by atoms with Crippen molar-refractivity contribution < 1.29 is 23.6 Å². The lowest BCUT2D eigenvalue weighted by molar-refractivity contribution is -0.384. The lowest BCUT2D eigenvalue weighted by atomic mass is 9.73. The molecule has 2 aromatic carbocycles. The number of rotatable bonds is 5. The Labute approximate surface area is 160 Å². The van der Waals surface area contributed by atoms with Gasteiger partial charge in [-0.15, -0.1) is 0 Å². The molecule has 3 rings (SSSR count). The minimum absolute atomic E-state index is 0.0760. The maximum absolute atomic E-state index is 13.2. The van der Waals surface area contributed by atoms with Gasteiger partial charge in [-0.25, -0.2) is 4.39 Å². The molecule has 1 aliphatic carbocycles. The van der Waals surface area contributed by atoms with Gasteiger partial charge in [-0.05, 0) is 48.3 Å². The molecular weight excluding hydrogens is 365 g/mol. The molecule has 1 aliphatic rings. The van der Waals surface area contributed by atoms with E-state index in [4.69, 9.17) is 4.74 Å². The van der Waals surface area contributed by atoms with E-state index in [0.29, 0.717) is 23.1 Å². The number of carbonyl (C=O) groups is 2. The first-order valence-electron chi connectivity index (χ1n) is 8.82. The van der Waals surface area contributed by atoms with E-state index in [1.165, 1.54) is 30.3 Å². The molecule has 2 unspecified atom stereocenters. The van der Waals surface area contributed by atoms with E-state index in [2.05, 4.69) is 0 Å². The van der Waals surface area contributed by atoms with Crippen molar-refractivity contribution in [3.63, 3.8) is 0 Å². The van der Waals surface area contributed by atoms with E-state index < -0.39 is 28.5 Å². The molecule has 0 fully saturated rings. The van der Waals surface area contributed by atoms with Crippen LogP contribution in [0, 0.1) is 21.8 Å². The first-order chi connectivity index (χ1) is 13.4. The smallest absolute Gasteiger partial charge is 0.317 e. The molecule has 7 heteroatoms. The number of halogens is 1. The van der Waals surface area contributed by atoms with E-state index >= 15 is 0 Å². The highest BCUT2D eigenvalue weighted by atomic mass is 19.1. The molecule has 2 atom stereocenters. The maximum Gasteiger partial charge on any atom is 0.317 e. The highest BCUT2D eigenvalue weighted by Crippen LogP contribution is 2.40. The number of ketones is 1. The molecule has 0 amide bonds. The lowest BCUT2D eigenvalue weighted by Gasteiger charge is -2.29. The summed E-state index contributed by atoms with van der Waals surface area (Å²) in [4.78, 5) is 35.6. The quantitative estimate of drug-likeness (QED) is 0.336. The summed E-state index contributed by atoms with van der Waals surface area (Å²) in [5, 5.41) is 10.9. The second kappa shape index (κ2) is 8.12. The van der Waals surface area contributed by atoms with Gasteiger partial charge < -0.3 is 4.74 Å². The summed E-state index contributed by atoms with van der Waals surface area (Å²) in [6.07, 6.45) is 1.75. The van der Waals surface area contributed by atoms with Gasteiger partial charge in [0.15, 0.2) is 5.78 Å². The van der Waals surface area contributed by atoms with E-state index in [1.807, 2.05) is 0 Å². The number of ether oxygens (including phenoxy) is 1. The molecule has 2 aromatic rings. The minimum atomic E-state index is -1.02. The number of nitrogens with zero attached hydrogens (tertiary/aromatic N) is 1. The van der Waals surface area contributed by atoms with Crippen LogP contribution in [0.5, 0.6) is 0 Å². The number of allylic oxidation sites excluding steroid dienone is 2. The first kappa shape index (κ1) is 19.4. The second-order valence-corrected chi connectivity index (χ2v) is 6.47. The monoisotopic (exact) mass is 383 g/mol. The van der Waals surface area contributed by atoms with Crippen molar-refractivity contribution in [1.82, 2.24) is 0 Å². The Hall–Kier alpha value is -3.35. The average molecular weight is 383 g/mol. The van der Waals surface area contributed by atoms with Crippen LogP contribution in [-0.4, -0.2) is 23.3 Å². The number of carbonyl (C=O) groups excluding carboxylic acids is 2. The van der Waals surface area contributed by atoms with Gasteiger partial charge in [-0.2, -0.15) is 0 Å². The Kier molecular flexibility index (Phi) is 5.63. The van der Waals surface area contributed by atoms with Gasteiger partial charge in [0.2, 0.25) is 0 Å². The van der Waals surface area contributed by atoms with Crippen molar-refractivity contribution in [2.75, 3.05) is 6.61 Å². The summed E-state index contributed by atoms with van der Waals surface area (Å²) < 4.78 is 18.3. The van der Waals surface area contributed by atoms with Crippen molar-refractivity contribution >= 4 is 23.0 Å². The molecule has 0 bridgehead atoms. The Morgan fingerprint density at radius 1 is 1.18 bits per heavy atom. The van der Waals surface area contributed by atoms with Gasteiger partial charge in [-0.1, -0.05) is 24.3 Å². The molecule has 0 aliphatic heterocycles. The molecule has 0 saturated heterocycles. The molecule has 0 N–H and O–H groups in total. The third-order valence-corrected chi connectivity index (χ3v) is 4.75. The highest BCUT2D eigenvalue weighted by molar-refractivity contribution is 6.10. The van der Waals surface area contributed by atoms with Crippen molar-refractivity contribution in [2.45, 2.75) is 19.3 Å². The normalized spacial score (nSPS) is 19.1. The van der Waals surface area contributed by atoms with E-state index in [9.17, 15) is 24.1 Å². The van der Waals surface area contributed by atoms with Crippen LogP contribution in [-0.2, 0) is 14.3 Å². The van der Waals surface area contributed by atoms with Gasteiger partial charge in [0.05, 0.1) is 11.5 Å². The van der Waals surface area contributed by atoms with Crippen LogP contribution < -0.4 is 0 Å². The predicted molar refractivity (Wildman–Crippen MR) is 100.0 cm³/mol. The summed E-state index contributed by atoms with van der Waals surface area (Å²) in [5.74, 6) is -2.96. The average Bonchev–Trinajstić information content (AvgIpc) is 2.68. The molecule has 0 heterocycles. The number of benzene rings is 2. The summed E-state index contributed by atoms with van der Waals surface area (Å²) in [6, 6.07) is 11.6. The van der Waals surface area contributed by atoms with Crippen LogP contribution in [0.2, 0.25) is 0 Å². The van der Waals surface area contributed by atoms with Crippen LogP contribution in [0.4, 0.5) is 10.1 Å². The predicted octanol–water partition coefficient (Wildman–Crippen LogP) is 4.05. The molecule has 144 valence electrons. The van der Waals surface area contributed by atoms with Crippen LogP contribution in [0.1, 0.15) is 30.4 Å². The molecule has 0 spiro atoms. The van der Waals surface area contributed by atoms with E-state index in [-0.39, 0.29) is 18.1 Å². The Balaban J connectivity index is 2.00. The summed E-state index contributed by atoms with van der Waals surface area (Å²) in [7, 11) is 0. The van der Waals surface area contributed by atoms with Crippen LogP contribution in [0.3, 0.4) is 0 Å². The zero-order valence-electron chi connectivity index (χ0n) is 15.1. The second-order valence-electron chi connectivity index (χ2n) is 6.47. The molecular formula is C21H18FNO5. The fraction of sp³-hybridized carbons (Fsp3) is 0.238. The highest BCUT2D eigenvalue weighted by Gasteiger charge is 2.39. The number of nitro groups is 1. The van der Waals surface area contributed by atoms with Crippen molar-refractivity contribution in [1.29, 1.82) is 0 Å². The third-order valence-electron chi connectivity index (χ3n) is 4.75. The Morgan fingerprint density at radius 2 is 1.82 bits per heavy atom. The number of hydrogen-bond donors (Lipinski definition) is 0. The van der Waals surface area contributed by atoms with E-state index in [1.54, 1.807) is 31.2 Å². The topological polar surface area (TPSA) is 86.5 Å². The SMILES string of the molecule is CCOC(=O)C1C(=O)C=C(c2ccc(F)cc2)CC1c1ccc([N+](=O)[O-])cc1. The Morgan fingerprint density at radius 3 is 2.39 bits per heavy atom. The summed E-state index contributed by atoms with van der Waals surface area (Å²) in [6.45, 7) is 1.80. The van der Waals surface area contributed by atoms with Crippen LogP contribution in [0.15, 0.2) is 54.6 Å². The van der Waals surface area contributed by atoms with Gasteiger partial charge in [-0.3, -0.25) is 19.7 Å². The number of non-ortho nitro benzene ring substituents is 1. The first-order valence-corrected chi connectivity index (χ1v) is 8.82. The fourth-order valence-corrected chi connectivity index (χ4v) is 3.40. The fourth-order valence-electron chi connectivity index (χ4n) is 3.40. The lowest BCUT2D eigenvalue weighted by Crippen LogP contribution is -2.34. The van der Waals surface area contributed by atoms with Gasteiger partial charge in [0.25, 0.3) is 5.69 Å². The standard InChI is InChI=1S/C21H18FNO5/c1-2-28-21(25)20-18(14-5-9-17(10-6-14)23(26)27)11-15(12-19(20)24)13-3-7-16(22)8-4-13/h3-10,12,18,20H,2,11H2,1H3. The largest absolute Gasteiger partial charge is 0.465 e. The molecule has 0 saturated carbocycles. The maximum atomic E-state index is 13.2.